The van der Waals surface area contributed by atoms with Crippen LogP contribution in [0.1, 0.15) is 49.0 Å². The Labute approximate surface area is 126 Å². The van der Waals surface area contributed by atoms with Crippen LogP contribution in [0.2, 0.25) is 0 Å². The number of fused-ring (bicyclic) bond motifs is 4. The number of Topliss-reactive ketones (excluding diaryl/α,β-unsaturated/α-hetero) is 1. The van der Waals surface area contributed by atoms with Crippen molar-refractivity contribution in [3.63, 3.8) is 0 Å². The smallest absolute Gasteiger partial charge is 0.180 e. The monoisotopic (exact) mass is 284 g/mol. The van der Waals surface area contributed by atoms with Crippen LogP contribution in [-0.2, 0) is 5.41 Å². The zero-order valence-electron chi connectivity index (χ0n) is 12.9. The number of nitrogens with zero attached hydrogens (tertiary/aromatic N) is 1. The third-order valence-electron chi connectivity index (χ3n) is 6.17. The number of ketones is 1. The van der Waals surface area contributed by atoms with E-state index in [0.717, 1.165) is 36.7 Å². The van der Waals surface area contributed by atoms with Crippen molar-refractivity contribution in [3.8, 4) is 0 Å². The van der Waals surface area contributed by atoms with Crippen LogP contribution in [0.4, 0.5) is 5.69 Å². The fraction of sp³-hybridized carbons (Fsp3) is 0.611. The number of piperidine rings is 1. The van der Waals surface area contributed by atoms with Crippen molar-refractivity contribution in [2.45, 2.75) is 44.6 Å². The zero-order valence-corrected chi connectivity index (χ0v) is 12.9. The average molecular weight is 284 g/mol. The Morgan fingerprint density at radius 1 is 1.38 bits per heavy atom. The van der Waals surface area contributed by atoms with Crippen LogP contribution < -0.4 is 5.73 Å². The molecule has 4 rings (SSSR count). The largest absolute Gasteiger partial charge is 0.399 e. The minimum absolute atomic E-state index is 0.0699. The Morgan fingerprint density at radius 2 is 2.14 bits per heavy atom. The molecule has 2 bridgehead atoms. The first-order valence-corrected chi connectivity index (χ1v) is 8.19. The number of anilines is 1. The van der Waals surface area contributed by atoms with E-state index in [9.17, 15) is 4.79 Å². The number of benzene rings is 1. The summed E-state index contributed by atoms with van der Waals surface area (Å²) in [5.74, 6) is 1.52. The van der Waals surface area contributed by atoms with E-state index in [4.69, 9.17) is 5.73 Å². The van der Waals surface area contributed by atoms with E-state index in [1.54, 1.807) is 0 Å². The van der Waals surface area contributed by atoms with Gasteiger partial charge in [-0.2, -0.15) is 0 Å². The van der Waals surface area contributed by atoms with E-state index in [1.165, 1.54) is 18.4 Å². The summed E-state index contributed by atoms with van der Waals surface area (Å²) in [5.41, 5.74) is 8.93. The molecule has 1 aliphatic heterocycles. The van der Waals surface area contributed by atoms with Crippen LogP contribution in [0, 0.1) is 11.8 Å². The summed E-state index contributed by atoms with van der Waals surface area (Å²) in [4.78, 5) is 15.5. The molecule has 0 amide bonds. The van der Waals surface area contributed by atoms with Crippen LogP contribution in [0.25, 0.3) is 0 Å². The van der Waals surface area contributed by atoms with E-state index < -0.39 is 0 Å². The summed E-state index contributed by atoms with van der Waals surface area (Å²) < 4.78 is 0. The molecule has 21 heavy (non-hydrogen) atoms. The molecule has 0 unspecified atom stereocenters. The summed E-state index contributed by atoms with van der Waals surface area (Å²) in [5, 5.41) is 0. The highest BCUT2D eigenvalue weighted by Gasteiger charge is 2.52. The van der Waals surface area contributed by atoms with Crippen molar-refractivity contribution in [2.75, 3.05) is 18.8 Å². The maximum absolute atomic E-state index is 13.0. The number of hydrogen-bond acceptors (Lipinski definition) is 3. The molecular formula is C18H24N2O. The predicted molar refractivity (Wildman–Crippen MR) is 84.4 cm³/mol. The zero-order chi connectivity index (χ0) is 14.8. The molecule has 1 heterocycles. The lowest BCUT2D eigenvalue weighted by atomic mass is 9.58. The molecule has 0 radical (unpaired) electrons. The van der Waals surface area contributed by atoms with Gasteiger partial charge in [0.1, 0.15) is 0 Å². The van der Waals surface area contributed by atoms with Crippen LogP contribution in [-0.4, -0.2) is 29.8 Å². The third kappa shape index (κ3) is 1.87. The Bertz CT molecular complexity index is 607. The molecule has 1 aromatic carbocycles. The van der Waals surface area contributed by atoms with Crippen LogP contribution in [0.5, 0.6) is 0 Å². The van der Waals surface area contributed by atoms with Crippen molar-refractivity contribution in [1.82, 2.24) is 4.90 Å². The van der Waals surface area contributed by atoms with E-state index in [1.807, 2.05) is 18.2 Å². The van der Waals surface area contributed by atoms with Crippen LogP contribution in [0.3, 0.4) is 0 Å². The number of nitrogen functional groups attached to an aromatic ring is 1. The van der Waals surface area contributed by atoms with Gasteiger partial charge in [0.25, 0.3) is 0 Å². The number of likely N-dealkylation sites (tertiary alicyclic amines) is 1. The van der Waals surface area contributed by atoms with Gasteiger partial charge in [-0.05, 0) is 66.8 Å². The highest BCUT2D eigenvalue weighted by atomic mass is 16.1. The molecule has 1 saturated heterocycles. The number of carbonyl (C=O) groups is 1. The highest BCUT2D eigenvalue weighted by Crippen LogP contribution is 2.49. The first kappa shape index (κ1) is 13.3. The summed E-state index contributed by atoms with van der Waals surface area (Å²) in [6, 6.07) is 5.93. The Hall–Kier alpha value is -1.35. The van der Waals surface area contributed by atoms with Gasteiger partial charge >= 0.3 is 0 Å². The van der Waals surface area contributed by atoms with E-state index in [-0.39, 0.29) is 11.5 Å². The first-order valence-electron chi connectivity index (χ1n) is 8.19. The summed E-state index contributed by atoms with van der Waals surface area (Å²) in [6.07, 6.45) is 3.81. The molecule has 3 nitrogen and oxygen atoms in total. The molecule has 2 fully saturated rings. The van der Waals surface area contributed by atoms with E-state index >= 15 is 0 Å². The standard InChI is InChI=1S/C18H24N2O/c1-11-16-17(21)14-6-5-13(19)9-15(14)18(11,2)7-8-20(16)10-12-3-4-12/h5-6,9,11-12,16H,3-4,7-8,10,19H2,1-2H3/t11-,16-,18-/m0/s1. The quantitative estimate of drug-likeness (QED) is 0.849. The summed E-state index contributed by atoms with van der Waals surface area (Å²) >= 11 is 0. The Morgan fingerprint density at radius 3 is 2.86 bits per heavy atom. The van der Waals surface area contributed by atoms with Crippen molar-refractivity contribution in [1.29, 1.82) is 0 Å². The maximum Gasteiger partial charge on any atom is 0.180 e. The number of carbonyl (C=O) groups excluding carboxylic acids is 1. The predicted octanol–water partition coefficient (Wildman–Crippen LogP) is 2.84. The second-order valence-corrected chi connectivity index (χ2v) is 7.51. The minimum Gasteiger partial charge on any atom is -0.399 e. The van der Waals surface area contributed by atoms with E-state index in [0.29, 0.717) is 11.7 Å². The van der Waals surface area contributed by atoms with Gasteiger partial charge in [0.2, 0.25) is 0 Å². The van der Waals surface area contributed by atoms with Crippen LogP contribution >= 0.6 is 0 Å². The van der Waals surface area contributed by atoms with Crippen molar-refractivity contribution in [2.24, 2.45) is 11.8 Å². The van der Waals surface area contributed by atoms with Gasteiger partial charge in [-0.15, -0.1) is 0 Å². The highest BCUT2D eigenvalue weighted by molar-refractivity contribution is 6.04. The molecule has 2 aliphatic carbocycles. The van der Waals surface area contributed by atoms with Crippen LogP contribution in [0.15, 0.2) is 18.2 Å². The molecular weight excluding hydrogens is 260 g/mol. The Balaban J connectivity index is 1.79. The van der Waals surface area contributed by atoms with E-state index in [2.05, 4.69) is 18.7 Å². The van der Waals surface area contributed by atoms with Crippen molar-refractivity contribution < 1.29 is 4.79 Å². The lowest BCUT2D eigenvalue weighted by Crippen LogP contribution is -2.61. The topological polar surface area (TPSA) is 46.3 Å². The number of hydrogen-bond donors (Lipinski definition) is 1. The second-order valence-electron chi connectivity index (χ2n) is 7.51. The summed E-state index contributed by atoms with van der Waals surface area (Å²) in [7, 11) is 0. The lowest BCUT2D eigenvalue weighted by Gasteiger charge is -2.53. The second kappa shape index (κ2) is 4.33. The molecule has 3 atom stereocenters. The molecule has 3 heteroatoms. The van der Waals surface area contributed by atoms with Gasteiger partial charge in [0, 0.05) is 17.8 Å². The van der Waals surface area contributed by atoms with Gasteiger partial charge in [0.15, 0.2) is 5.78 Å². The molecule has 3 aliphatic rings. The van der Waals surface area contributed by atoms with Crippen molar-refractivity contribution >= 4 is 11.5 Å². The van der Waals surface area contributed by atoms with Gasteiger partial charge in [0.05, 0.1) is 6.04 Å². The number of rotatable bonds is 2. The minimum atomic E-state index is 0.0699. The summed E-state index contributed by atoms with van der Waals surface area (Å²) in [6.45, 7) is 6.74. The third-order valence-corrected chi connectivity index (χ3v) is 6.17. The van der Waals surface area contributed by atoms with Gasteiger partial charge in [-0.25, -0.2) is 0 Å². The number of nitrogens with two attached hydrogens (primary N) is 1. The van der Waals surface area contributed by atoms with Gasteiger partial charge in [-0.3, -0.25) is 9.69 Å². The first-order chi connectivity index (χ1) is 10.0. The van der Waals surface area contributed by atoms with Crippen molar-refractivity contribution in [3.05, 3.63) is 29.3 Å². The normalized spacial score (nSPS) is 35.6. The molecule has 2 N–H and O–H groups in total. The SMILES string of the molecule is C[C@H]1[C@H]2C(=O)c3ccc(N)cc3[C@@]1(C)CCN2CC1CC1. The average Bonchev–Trinajstić information content (AvgIpc) is 3.25. The van der Waals surface area contributed by atoms with Gasteiger partial charge in [-0.1, -0.05) is 13.8 Å². The molecule has 1 saturated carbocycles. The lowest BCUT2D eigenvalue weighted by molar-refractivity contribution is 0.0266. The Kier molecular flexibility index (Phi) is 2.74. The fourth-order valence-corrected chi connectivity index (χ4v) is 4.43. The molecule has 1 aromatic rings. The molecule has 112 valence electrons. The molecule has 0 spiro atoms. The molecule has 0 aromatic heterocycles. The maximum atomic E-state index is 13.0. The fourth-order valence-electron chi connectivity index (χ4n) is 4.43. The van der Waals surface area contributed by atoms with Gasteiger partial charge < -0.3 is 5.73 Å².